The van der Waals surface area contributed by atoms with E-state index in [9.17, 15) is 0 Å². The van der Waals surface area contributed by atoms with Gasteiger partial charge in [-0.15, -0.1) is 0 Å². The Balaban J connectivity index is 2.21. The highest BCUT2D eigenvalue weighted by Crippen LogP contribution is 2.19. The predicted octanol–water partition coefficient (Wildman–Crippen LogP) is 2.47. The van der Waals surface area contributed by atoms with E-state index in [4.69, 9.17) is 21.6 Å². The number of nitriles is 1. The Morgan fingerprint density at radius 2 is 2.35 bits per heavy atom. The number of hydrogen-bond acceptors (Lipinski definition) is 3. The molecule has 1 aromatic carbocycles. The molecule has 2 aromatic rings. The van der Waals surface area contributed by atoms with E-state index in [1.54, 1.807) is 36.3 Å². The van der Waals surface area contributed by atoms with Gasteiger partial charge in [-0.05, 0) is 17.7 Å². The van der Waals surface area contributed by atoms with Crippen LogP contribution in [0.15, 0.2) is 30.6 Å². The third kappa shape index (κ3) is 2.58. The Hall–Kier alpha value is -1.99. The summed E-state index contributed by atoms with van der Waals surface area (Å²) in [6.07, 6.45) is 3.42. The summed E-state index contributed by atoms with van der Waals surface area (Å²) in [7, 11) is 1.59. The van der Waals surface area contributed by atoms with Crippen LogP contribution in [0.5, 0.6) is 5.75 Å². The molecule has 0 fully saturated rings. The maximum absolute atomic E-state index is 8.74. The second-order valence-electron chi connectivity index (χ2n) is 3.50. The van der Waals surface area contributed by atoms with Gasteiger partial charge in [-0.2, -0.15) is 10.4 Å². The van der Waals surface area contributed by atoms with Gasteiger partial charge >= 0.3 is 0 Å². The van der Waals surface area contributed by atoms with Crippen LogP contribution in [0, 0.1) is 11.3 Å². The lowest BCUT2D eigenvalue weighted by Crippen LogP contribution is -2.00. The first-order valence-corrected chi connectivity index (χ1v) is 5.35. The lowest BCUT2D eigenvalue weighted by Gasteiger charge is -2.04. The first-order valence-electron chi connectivity index (χ1n) is 4.98. The number of methoxy groups -OCH3 is 1. The number of halogens is 1. The molecule has 0 atom stereocenters. The Labute approximate surface area is 104 Å². The standard InChI is InChI=1S/C12H10ClN3O/c1-17-11-6-15-16(8-11)7-10-3-2-9(5-14)4-12(10)13/h2-4,6,8H,7H2,1H3. The maximum atomic E-state index is 8.74. The van der Waals surface area contributed by atoms with Gasteiger partial charge in [0.25, 0.3) is 0 Å². The second-order valence-corrected chi connectivity index (χ2v) is 3.90. The SMILES string of the molecule is COc1cnn(Cc2ccc(C#N)cc2Cl)c1. The van der Waals surface area contributed by atoms with Crippen LogP contribution in [0.3, 0.4) is 0 Å². The van der Waals surface area contributed by atoms with E-state index in [-0.39, 0.29) is 0 Å². The van der Waals surface area contributed by atoms with E-state index in [0.717, 1.165) is 5.56 Å². The number of benzene rings is 1. The summed E-state index contributed by atoms with van der Waals surface area (Å²) in [5.74, 6) is 0.703. The van der Waals surface area contributed by atoms with Crippen molar-refractivity contribution < 1.29 is 4.74 Å². The lowest BCUT2D eigenvalue weighted by molar-refractivity contribution is 0.414. The summed E-state index contributed by atoms with van der Waals surface area (Å²) in [6.45, 7) is 0.550. The van der Waals surface area contributed by atoms with Crippen LogP contribution in [0.25, 0.3) is 0 Å². The van der Waals surface area contributed by atoms with E-state index in [2.05, 4.69) is 5.10 Å². The summed E-state index contributed by atoms with van der Waals surface area (Å²) in [6, 6.07) is 7.26. The molecule has 0 bridgehead atoms. The largest absolute Gasteiger partial charge is 0.493 e. The smallest absolute Gasteiger partial charge is 0.156 e. The molecule has 0 aliphatic heterocycles. The van der Waals surface area contributed by atoms with Crippen LogP contribution in [0.4, 0.5) is 0 Å². The Kier molecular flexibility index (Phi) is 3.31. The normalized spacial score (nSPS) is 9.94. The van der Waals surface area contributed by atoms with Crippen molar-refractivity contribution in [2.45, 2.75) is 6.54 Å². The third-order valence-electron chi connectivity index (χ3n) is 2.36. The van der Waals surface area contributed by atoms with Crippen LogP contribution >= 0.6 is 11.6 Å². The molecule has 4 nitrogen and oxygen atoms in total. The van der Waals surface area contributed by atoms with Gasteiger partial charge in [0.2, 0.25) is 0 Å². The van der Waals surface area contributed by atoms with Crippen LogP contribution in [-0.4, -0.2) is 16.9 Å². The summed E-state index contributed by atoms with van der Waals surface area (Å²) in [5.41, 5.74) is 1.47. The molecule has 0 N–H and O–H groups in total. The molecular weight excluding hydrogens is 238 g/mol. The molecule has 0 spiro atoms. The zero-order chi connectivity index (χ0) is 12.3. The van der Waals surface area contributed by atoms with Gasteiger partial charge in [0.1, 0.15) is 0 Å². The quantitative estimate of drug-likeness (QED) is 0.837. The Morgan fingerprint density at radius 3 is 2.94 bits per heavy atom. The average Bonchev–Trinajstić information content (AvgIpc) is 2.79. The van der Waals surface area contributed by atoms with Crippen molar-refractivity contribution in [1.82, 2.24) is 9.78 Å². The zero-order valence-electron chi connectivity index (χ0n) is 9.22. The van der Waals surface area contributed by atoms with Gasteiger partial charge in [-0.25, -0.2) is 0 Å². The van der Waals surface area contributed by atoms with E-state index in [1.807, 2.05) is 12.1 Å². The molecular formula is C12H10ClN3O. The van der Waals surface area contributed by atoms with Crippen molar-refractivity contribution in [1.29, 1.82) is 5.26 Å². The van der Waals surface area contributed by atoms with Gasteiger partial charge in [0.15, 0.2) is 5.75 Å². The van der Waals surface area contributed by atoms with Gasteiger partial charge in [0, 0.05) is 5.02 Å². The molecule has 2 rings (SSSR count). The highest BCUT2D eigenvalue weighted by Gasteiger charge is 2.04. The highest BCUT2D eigenvalue weighted by atomic mass is 35.5. The van der Waals surface area contributed by atoms with Crippen molar-refractivity contribution >= 4 is 11.6 Å². The minimum Gasteiger partial charge on any atom is -0.493 e. The number of ether oxygens (including phenoxy) is 1. The van der Waals surface area contributed by atoms with Gasteiger partial charge < -0.3 is 4.74 Å². The second kappa shape index (κ2) is 4.89. The van der Waals surface area contributed by atoms with Crippen molar-refractivity contribution in [3.63, 3.8) is 0 Å². The first kappa shape index (κ1) is 11.5. The molecule has 17 heavy (non-hydrogen) atoms. The molecule has 0 radical (unpaired) electrons. The summed E-state index contributed by atoms with van der Waals surface area (Å²) in [5, 5.41) is 13.4. The van der Waals surface area contributed by atoms with Crippen LogP contribution in [0.2, 0.25) is 5.02 Å². The molecule has 0 saturated carbocycles. The zero-order valence-corrected chi connectivity index (χ0v) is 9.98. The molecule has 0 amide bonds. The monoisotopic (exact) mass is 247 g/mol. The summed E-state index contributed by atoms with van der Waals surface area (Å²) < 4.78 is 6.77. The van der Waals surface area contributed by atoms with E-state index in [1.165, 1.54) is 0 Å². The molecule has 0 aliphatic carbocycles. The first-order chi connectivity index (χ1) is 8.22. The van der Waals surface area contributed by atoms with Crippen molar-refractivity contribution in [3.8, 4) is 11.8 Å². The maximum Gasteiger partial charge on any atom is 0.156 e. The van der Waals surface area contributed by atoms with E-state index >= 15 is 0 Å². The fourth-order valence-corrected chi connectivity index (χ4v) is 1.70. The van der Waals surface area contributed by atoms with Crippen molar-refractivity contribution in [2.75, 3.05) is 7.11 Å². The van der Waals surface area contributed by atoms with Crippen LogP contribution in [0.1, 0.15) is 11.1 Å². The number of aromatic nitrogens is 2. The fourth-order valence-electron chi connectivity index (χ4n) is 1.46. The fraction of sp³-hybridized carbons (Fsp3) is 0.167. The Bertz CT molecular complexity index is 571. The van der Waals surface area contributed by atoms with Crippen molar-refractivity contribution in [3.05, 3.63) is 46.7 Å². The van der Waals surface area contributed by atoms with Gasteiger partial charge in [-0.1, -0.05) is 17.7 Å². The molecule has 5 heteroatoms. The average molecular weight is 248 g/mol. The summed E-state index contributed by atoms with van der Waals surface area (Å²) in [4.78, 5) is 0. The molecule has 1 heterocycles. The number of hydrogen-bond donors (Lipinski definition) is 0. The minimum absolute atomic E-state index is 0.550. The van der Waals surface area contributed by atoms with E-state index < -0.39 is 0 Å². The van der Waals surface area contributed by atoms with Crippen LogP contribution < -0.4 is 4.74 Å². The van der Waals surface area contributed by atoms with Gasteiger partial charge in [-0.3, -0.25) is 4.68 Å². The number of nitrogens with zero attached hydrogens (tertiary/aromatic N) is 3. The van der Waals surface area contributed by atoms with E-state index in [0.29, 0.717) is 22.9 Å². The predicted molar refractivity (Wildman–Crippen MR) is 64.0 cm³/mol. The number of rotatable bonds is 3. The minimum atomic E-state index is 0.550. The highest BCUT2D eigenvalue weighted by molar-refractivity contribution is 6.31. The molecule has 0 unspecified atom stereocenters. The third-order valence-corrected chi connectivity index (χ3v) is 2.71. The van der Waals surface area contributed by atoms with Crippen LogP contribution in [-0.2, 0) is 6.54 Å². The summed E-state index contributed by atoms with van der Waals surface area (Å²) >= 11 is 6.08. The Morgan fingerprint density at radius 1 is 1.53 bits per heavy atom. The molecule has 0 saturated heterocycles. The lowest BCUT2D eigenvalue weighted by atomic mass is 10.1. The van der Waals surface area contributed by atoms with Crippen molar-refractivity contribution in [2.24, 2.45) is 0 Å². The molecule has 0 aliphatic rings. The molecule has 86 valence electrons. The topological polar surface area (TPSA) is 50.8 Å². The molecule has 1 aromatic heterocycles. The van der Waals surface area contributed by atoms with Gasteiger partial charge in [0.05, 0.1) is 37.7 Å².